The van der Waals surface area contributed by atoms with Crippen molar-refractivity contribution in [1.82, 2.24) is 0 Å². The average molecular weight is 831 g/mol. The quantitative estimate of drug-likeness (QED) is 0.189. The van der Waals surface area contributed by atoms with Crippen molar-refractivity contribution in [2.75, 3.05) is 0 Å². The van der Waals surface area contributed by atoms with Crippen LogP contribution < -0.4 is 0 Å². The molecule has 318 valence electrons. The lowest BCUT2D eigenvalue weighted by Crippen LogP contribution is -1.98. The summed E-state index contributed by atoms with van der Waals surface area (Å²) in [5.41, 5.74) is 28.6. The van der Waals surface area contributed by atoms with E-state index in [-0.39, 0.29) is 0 Å². The molecular weight excluding hydrogens is 777 g/mol. The predicted octanol–water partition coefficient (Wildman–Crippen LogP) is 16.0. The molecule has 0 saturated heterocycles. The van der Waals surface area contributed by atoms with E-state index in [9.17, 15) is 0 Å². The number of fused-ring (bicyclic) bond motifs is 8. The Morgan fingerprint density at radius 2 is 0.419 bits per heavy atom. The standard InChI is InChI=1S/2C12H14N4.2C10H10N4.C2H6/c2*1-3-7-9-5-13-16-12(9)8(4-2)10-6-14-15-11(7)10;2*1-5-7-3-11-14-10(7)6(2)8-4-12-13-9(5)8;1-2/h2*3-6H2,1-2H3;2*3-4H2,1-2H3;1-2H3. The van der Waals surface area contributed by atoms with Crippen LogP contribution in [0.1, 0.15) is 131 Å². The van der Waals surface area contributed by atoms with Gasteiger partial charge in [0.25, 0.3) is 0 Å². The van der Waals surface area contributed by atoms with E-state index in [4.69, 9.17) is 0 Å². The Kier molecular flexibility index (Phi) is 12.3. The molecule has 0 N–H and O–H groups in total. The Hall–Kier alpha value is -6.32. The minimum Gasteiger partial charge on any atom is -0.184 e. The number of rotatable bonds is 4. The molecule has 0 bridgehead atoms. The highest BCUT2D eigenvalue weighted by Crippen LogP contribution is 2.48. The molecule has 4 aromatic rings. The van der Waals surface area contributed by atoms with Crippen molar-refractivity contribution < 1.29 is 0 Å². The summed E-state index contributed by atoms with van der Waals surface area (Å²) in [6.45, 7) is 26.6. The second-order valence-corrected chi connectivity index (χ2v) is 15.6. The summed E-state index contributed by atoms with van der Waals surface area (Å²) in [4.78, 5) is 0. The first kappa shape index (κ1) is 42.4. The molecule has 0 atom stereocenters. The number of hydrogen-bond donors (Lipinski definition) is 0. The SMILES string of the molecule is CC.CCc1c2c(c(CC)c3c1N=NC3)N=NC2.CCc1c2c(c(CC)c3c1N=NC3)N=NC2.Cc1c2c(c(C)c3c1N=NC3)N=NC2.Cc1c2c(c(C)c3c1N=NC3)N=NC2. The van der Waals surface area contributed by atoms with Gasteiger partial charge >= 0.3 is 0 Å². The van der Waals surface area contributed by atoms with Crippen LogP contribution in [0.5, 0.6) is 0 Å². The van der Waals surface area contributed by atoms with Crippen LogP contribution in [-0.4, -0.2) is 0 Å². The van der Waals surface area contributed by atoms with Crippen molar-refractivity contribution in [3.05, 3.63) is 89.0 Å². The van der Waals surface area contributed by atoms with E-state index in [1.807, 2.05) is 13.8 Å². The van der Waals surface area contributed by atoms with Gasteiger partial charge in [-0.15, -0.1) is 0 Å². The number of nitrogens with zero attached hydrogens (tertiary/aromatic N) is 16. The molecule has 0 fully saturated rings. The smallest absolute Gasteiger partial charge is 0.0943 e. The van der Waals surface area contributed by atoms with E-state index in [0.29, 0.717) is 52.4 Å². The minimum absolute atomic E-state index is 0.699. The highest BCUT2D eigenvalue weighted by molar-refractivity contribution is 5.74. The molecule has 0 aromatic heterocycles. The van der Waals surface area contributed by atoms with Gasteiger partial charge in [-0.25, -0.2) is 0 Å². The van der Waals surface area contributed by atoms with Crippen LogP contribution >= 0.6 is 0 Å². The zero-order valence-electron chi connectivity index (χ0n) is 37.6. The molecule has 8 aliphatic rings. The molecule has 8 aliphatic heterocycles. The lowest BCUT2D eigenvalue weighted by Gasteiger charge is -2.13. The number of azo groups is 8. The highest BCUT2D eigenvalue weighted by atomic mass is 15.2. The fourth-order valence-electron chi connectivity index (χ4n) is 9.48. The molecule has 4 aromatic carbocycles. The molecular formula is C46H54N16. The Morgan fingerprint density at radius 3 is 0.597 bits per heavy atom. The van der Waals surface area contributed by atoms with Crippen LogP contribution in [0.4, 0.5) is 45.5 Å². The lowest BCUT2D eigenvalue weighted by molar-refractivity contribution is 1.00. The molecule has 16 heteroatoms. The third-order valence-electron chi connectivity index (χ3n) is 12.7. The second kappa shape index (κ2) is 18.0. The molecule has 8 heterocycles. The molecule has 0 spiro atoms. The van der Waals surface area contributed by atoms with Crippen LogP contribution in [0.2, 0.25) is 0 Å². The van der Waals surface area contributed by atoms with Gasteiger partial charge in [-0.2, -0.15) is 81.8 Å². The summed E-state index contributed by atoms with van der Waals surface area (Å²) in [6.07, 6.45) is 3.94. The molecule has 0 unspecified atom stereocenters. The van der Waals surface area contributed by atoms with Crippen LogP contribution in [-0.2, 0) is 78.0 Å². The fourth-order valence-corrected chi connectivity index (χ4v) is 9.48. The molecule has 0 radical (unpaired) electrons. The van der Waals surface area contributed by atoms with Gasteiger partial charge in [-0.3, -0.25) is 0 Å². The van der Waals surface area contributed by atoms with Crippen molar-refractivity contribution in [2.24, 2.45) is 81.8 Å². The minimum atomic E-state index is 0.699. The Bertz CT molecular complexity index is 2380. The Morgan fingerprint density at radius 1 is 0.258 bits per heavy atom. The van der Waals surface area contributed by atoms with Crippen LogP contribution in [0.3, 0.4) is 0 Å². The Labute approximate surface area is 362 Å². The van der Waals surface area contributed by atoms with Gasteiger partial charge in [0.05, 0.1) is 97.9 Å². The van der Waals surface area contributed by atoms with Gasteiger partial charge in [-0.05, 0) is 97.9 Å². The average Bonchev–Trinajstić information content (AvgIpc) is 4.14. The van der Waals surface area contributed by atoms with Crippen LogP contribution in [0.15, 0.2) is 81.8 Å². The Balaban J connectivity index is 0.000000112. The fraction of sp³-hybridized carbons (Fsp3) is 0.478. The van der Waals surface area contributed by atoms with E-state index >= 15 is 0 Å². The maximum absolute atomic E-state index is 4.30. The molecule has 0 amide bonds. The third kappa shape index (κ3) is 7.02. The molecule has 62 heavy (non-hydrogen) atoms. The third-order valence-corrected chi connectivity index (χ3v) is 12.7. The summed E-state index contributed by atoms with van der Waals surface area (Å²) in [5.74, 6) is 0. The molecule has 0 aliphatic carbocycles. The van der Waals surface area contributed by atoms with Gasteiger partial charge in [0.1, 0.15) is 0 Å². The van der Waals surface area contributed by atoms with E-state index in [1.54, 1.807) is 0 Å². The normalized spacial score (nSPS) is 15.5. The zero-order valence-corrected chi connectivity index (χ0v) is 37.6. The van der Waals surface area contributed by atoms with Gasteiger partial charge < -0.3 is 0 Å². The van der Waals surface area contributed by atoms with E-state index in [1.165, 1.54) is 89.0 Å². The summed E-state index contributed by atoms with van der Waals surface area (Å²) < 4.78 is 0. The van der Waals surface area contributed by atoms with E-state index < -0.39 is 0 Å². The molecule has 12 rings (SSSR count). The maximum atomic E-state index is 4.30. The van der Waals surface area contributed by atoms with Gasteiger partial charge in [-0.1, -0.05) is 41.5 Å². The number of hydrogen-bond acceptors (Lipinski definition) is 16. The van der Waals surface area contributed by atoms with Crippen molar-refractivity contribution in [1.29, 1.82) is 0 Å². The topological polar surface area (TPSA) is 198 Å². The first-order valence-corrected chi connectivity index (χ1v) is 22.0. The van der Waals surface area contributed by atoms with E-state index in [2.05, 4.69) is 137 Å². The monoisotopic (exact) mass is 830 g/mol. The summed E-state index contributed by atoms with van der Waals surface area (Å²) in [5, 5.41) is 66.8. The van der Waals surface area contributed by atoms with Gasteiger partial charge in [0, 0.05) is 44.5 Å². The summed E-state index contributed by atoms with van der Waals surface area (Å²) in [6, 6.07) is 0. The molecule has 16 nitrogen and oxygen atoms in total. The van der Waals surface area contributed by atoms with Gasteiger partial charge in [0.15, 0.2) is 0 Å². The largest absolute Gasteiger partial charge is 0.184 e. The summed E-state index contributed by atoms with van der Waals surface area (Å²) in [7, 11) is 0. The van der Waals surface area contributed by atoms with Crippen molar-refractivity contribution >= 4 is 45.5 Å². The van der Waals surface area contributed by atoms with Crippen molar-refractivity contribution in [3.8, 4) is 0 Å². The maximum Gasteiger partial charge on any atom is 0.0943 e. The van der Waals surface area contributed by atoms with E-state index in [0.717, 1.165) is 71.2 Å². The first-order chi connectivity index (χ1) is 30.3. The predicted molar refractivity (Wildman–Crippen MR) is 239 cm³/mol. The lowest BCUT2D eigenvalue weighted by atomic mass is 9.91. The summed E-state index contributed by atoms with van der Waals surface area (Å²) >= 11 is 0. The highest BCUT2D eigenvalue weighted by Gasteiger charge is 2.29. The van der Waals surface area contributed by atoms with Crippen LogP contribution in [0, 0.1) is 27.7 Å². The first-order valence-electron chi connectivity index (χ1n) is 22.0. The van der Waals surface area contributed by atoms with Crippen molar-refractivity contribution in [3.63, 3.8) is 0 Å². The van der Waals surface area contributed by atoms with Crippen molar-refractivity contribution in [2.45, 2.75) is 147 Å². The van der Waals surface area contributed by atoms with Crippen LogP contribution in [0.25, 0.3) is 0 Å². The number of benzene rings is 4. The second-order valence-electron chi connectivity index (χ2n) is 15.6. The zero-order chi connectivity index (χ0) is 43.7. The van der Waals surface area contributed by atoms with Gasteiger partial charge in [0.2, 0.25) is 0 Å². The molecule has 0 saturated carbocycles.